The number of pyridine rings is 1. The summed E-state index contributed by atoms with van der Waals surface area (Å²) in [6, 6.07) is 18.0. The van der Waals surface area contributed by atoms with Crippen LogP contribution in [-0.4, -0.2) is 22.0 Å². The number of anilines is 3. The third kappa shape index (κ3) is 4.35. The minimum atomic E-state index is -0.417. The van der Waals surface area contributed by atoms with Gasteiger partial charge in [0.1, 0.15) is 0 Å². The number of hydrogen-bond donors (Lipinski definition) is 4. The zero-order valence-electron chi connectivity index (χ0n) is 13.6. The van der Waals surface area contributed by atoms with E-state index in [-0.39, 0.29) is 17.6 Å². The summed E-state index contributed by atoms with van der Waals surface area (Å²) in [6.07, 6.45) is 1.47. The monoisotopic (exact) mass is 348 g/mol. The first-order valence-corrected chi connectivity index (χ1v) is 7.80. The second-order valence-electron chi connectivity index (χ2n) is 5.35. The number of aromatic nitrogens is 1. The van der Waals surface area contributed by atoms with Crippen LogP contribution in [0.4, 0.5) is 22.0 Å². The largest absolute Gasteiger partial charge is 0.504 e. The molecule has 0 saturated carbocycles. The van der Waals surface area contributed by atoms with E-state index in [1.54, 1.807) is 42.5 Å². The quantitative estimate of drug-likeness (QED) is 0.577. The molecular formula is C19H16N4O3. The molecule has 0 bridgehead atoms. The molecule has 0 saturated heterocycles. The Kier molecular flexibility index (Phi) is 5.09. The van der Waals surface area contributed by atoms with Crippen molar-refractivity contribution in [3.05, 3.63) is 78.5 Å². The van der Waals surface area contributed by atoms with E-state index in [0.717, 1.165) is 0 Å². The van der Waals surface area contributed by atoms with Crippen molar-refractivity contribution >= 4 is 29.1 Å². The third-order valence-electron chi connectivity index (χ3n) is 3.45. The van der Waals surface area contributed by atoms with Crippen molar-refractivity contribution in [1.29, 1.82) is 0 Å². The van der Waals surface area contributed by atoms with Gasteiger partial charge in [-0.05, 0) is 48.5 Å². The zero-order valence-corrected chi connectivity index (χ0v) is 13.6. The van der Waals surface area contributed by atoms with Gasteiger partial charge >= 0.3 is 6.03 Å². The average Bonchev–Trinajstić information content (AvgIpc) is 2.65. The predicted octanol–water partition coefficient (Wildman–Crippen LogP) is 3.68. The highest BCUT2D eigenvalue weighted by Gasteiger charge is 2.10. The highest BCUT2D eigenvalue weighted by Crippen LogP contribution is 2.19. The van der Waals surface area contributed by atoms with E-state index in [4.69, 9.17) is 0 Å². The van der Waals surface area contributed by atoms with Crippen LogP contribution in [0.15, 0.2) is 72.9 Å². The van der Waals surface area contributed by atoms with Crippen LogP contribution in [0.5, 0.6) is 5.75 Å². The maximum Gasteiger partial charge on any atom is 0.323 e. The predicted molar refractivity (Wildman–Crippen MR) is 99.4 cm³/mol. The van der Waals surface area contributed by atoms with Crippen molar-refractivity contribution in [2.75, 3.05) is 16.0 Å². The highest BCUT2D eigenvalue weighted by molar-refractivity contribution is 6.05. The van der Waals surface area contributed by atoms with Crippen LogP contribution in [0.1, 0.15) is 10.4 Å². The number of carbonyl (C=O) groups is 2. The van der Waals surface area contributed by atoms with Gasteiger partial charge in [-0.15, -0.1) is 0 Å². The van der Waals surface area contributed by atoms with Gasteiger partial charge in [0, 0.05) is 23.1 Å². The molecule has 26 heavy (non-hydrogen) atoms. The molecular weight excluding hydrogens is 332 g/mol. The average molecular weight is 348 g/mol. The first-order chi connectivity index (χ1) is 12.6. The van der Waals surface area contributed by atoms with Gasteiger partial charge < -0.3 is 21.1 Å². The fraction of sp³-hybridized carbons (Fsp3) is 0. The molecule has 0 radical (unpaired) electrons. The highest BCUT2D eigenvalue weighted by atomic mass is 16.3. The second kappa shape index (κ2) is 7.80. The molecule has 4 N–H and O–H groups in total. The normalized spacial score (nSPS) is 10.0. The summed E-state index contributed by atoms with van der Waals surface area (Å²) in [5.74, 6) is -0.446. The lowest BCUT2D eigenvalue weighted by atomic mass is 10.2. The van der Waals surface area contributed by atoms with Gasteiger partial charge in [0.15, 0.2) is 11.6 Å². The maximum atomic E-state index is 12.2. The summed E-state index contributed by atoms with van der Waals surface area (Å²) >= 11 is 0. The topological polar surface area (TPSA) is 103 Å². The van der Waals surface area contributed by atoms with Crippen LogP contribution >= 0.6 is 0 Å². The van der Waals surface area contributed by atoms with E-state index in [1.807, 2.05) is 18.2 Å². The Morgan fingerprint density at radius 1 is 0.769 bits per heavy atom. The SMILES string of the molecule is O=C(Nc1ccccc1)Nc1ccc(C(=O)Nc2ncccc2O)cc1. The maximum absolute atomic E-state index is 12.2. The molecule has 7 nitrogen and oxygen atoms in total. The number of urea groups is 1. The van der Waals surface area contributed by atoms with Gasteiger partial charge in [-0.25, -0.2) is 9.78 Å². The summed E-state index contributed by atoms with van der Waals surface area (Å²) in [4.78, 5) is 28.0. The third-order valence-corrected chi connectivity index (χ3v) is 3.45. The van der Waals surface area contributed by atoms with Crippen LogP contribution in [-0.2, 0) is 0 Å². The van der Waals surface area contributed by atoms with Gasteiger partial charge in [0.25, 0.3) is 5.91 Å². The molecule has 0 fully saturated rings. The number of carbonyl (C=O) groups excluding carboxylic acids is 2. The van der Waals surface area contributed by atoms with Crippen LogP contribution in [0.2, 0.25) is 0 Å². The first kappa shape index (κ1) is 17.0. The molecule has 0 aliphatic heterocycles. The summed E-state index contributed by atoms with van der Waals surface area (Å²) < 4.78 is 0. The van der Waals surface area contributed by atoms with Crippen molar-refractivity contribution in [2.45, 2.75) is 0 Å². The molecule has 2 aromatic carbocycles. The Bertz CT molecular complexity index is 912. The van der Waals surface area contributed by atoms with Crippen molar-refractivity contribution in [3.63, 3.8) is 0 Å². The van der Waals surface area contributed by atoms with E-state index in [0.29, 0.717) is 16.9 Å². The summed E-state index contributed by atoms with van der Waals surface area (Å²) in [5.41, 5.74) is 1.58. The van der Waals surface area contributed by atoms with Crippen molar-refractivity contribution in [1.82, 2.24) is 4.98 Å². The van der Waals surface area contributed by atoms with Gasteiger partial charge in [-0.1, -0.05) is 18.2 Å². The lowest BCUT2D eigenvalue weighted by molar-refractivity contribution is 0.102. The van der Waals surface area contributed by atoms with Gasteiger partial charge in [-0.3, -0.25) is 4.79 Å². The number of nitrogens with one attached hydrogen (secondary N) is 3. The second-order valence-corrected chi connectivity index (χ2v) is 5.35. The minimum absolute atomic E-state index is 0.0851. The summed E-state index contributed by atoms with van der Waals surface area (Å²) in [6.45, 7) is 0. The van der Waals surface area contributed by atoms with E-state index in [9.17, 15) is 14.7 Å². The Balaban J connectivity index is 1.60. The number of benzene rings is 2. The van der Waals surface area contributed by atoms with E-state index >= 15 is 0 Å². The standard InChI is InChI=1S/C19H16N4O3/c24-16-7-4-12-20-17(16)23-18(25)13-8-10-15(11-9-13)22-19(26)21-14-5-2-1-3-6-14/h1-12,24H,(H,20,23,25)(H2,21,22,26). The van der Waals surface area contributed by atoms with Crippen LogP contribution < -0.4 is 16.0 Å². The molecule has 0 aliphatic carbocycles. The molecule has 0 atom stereocenters. The van der Waals surface area contributed by atoms with Crippen molar-refractivity contribution in [3.8, 4) is 5.75 Å². The van der Waals surface area contributed by atoms with Gasteiger partial charge in [-0.2, -0.15) is 0 Å². The van der Waals surface area contributed by atoms with Crippen LogP contribution in [0.3, 0.4) is 0 Å². The Hall–Kier alpha value is -3.87. The molecule has 0 aliphatic rings. The number of rotatable bonds is 4. The smallest absolute Gasteiger partial charge is 0.323 e. The Morgan fingerprint density at radius 2 is 1.42 bits per heavy atom. The summed E-state index contributed by atoms with van der Waals surface area (Å²) in [7, 11) is 0. The molecule has 7 heteroatoms. The van der Waals surface area contributed by atoms with E-state index in [2.05, 4.69) is 20.9 Å². The number of amides is 3. The number of hydrogen-bond acceptors (Lipinski definition) is 4. The lowest BCUT2D eigenvalue weighted by Crippen LogP contribution is -2.19. The number of nitrogens with zero attached hydrogens (tertiary/aromatic N) is 1. The fourth-order valence-electron chi connectivity index (χ4n) is 2.19. The number of aromatic hydroxyl groups is 1. The van der Waals surface area contributed by atoms with Crippen molar-refractivity contribution in [2.24, 2.45) is 0 Å². The molecule has 130 valence electrons. The molecule has 1 aromatic heterocycles. The Morgan fingerprint density at radius 3 is 2.08 bits per heavy atom. The van der Waals surface area contributed by atoms with Crippen LogP contribution in [0, 0.1) is 0 Å². The Labute approximate surface area is 149 Å². The van der Waals surface area contributed by atoms with Gasteiger partial charge in [0.2, 0.25) is 0 Å². The lowest BCUT2D eigenvalue weighted by Gasteiger charge is -2.09. The molecule has 3 rings (SSSR count). The van der Waals surface area contributed by atoms with E-state index < -0.39 is 5.91 Å². The molecule has 0 spiro atoms. The molecule has 0 unspecified atom stereocenters. The number of para-hydroxylation sites is 1. The fourth-order valence-corrected chi connectivity index (χ4v) is 2.19. The van der Waals surface area contributed by atoms with Crippen LogP contribution in [0.25, 0.3) is 0 Å². The molecule has 3 amide bonds. The van der Waals surface area contributed by atoms with Crippen molar-refractivity contribution < 1.29 is 14.7 Å². The summed E-state index contributed by atoms with van der Waals surface area (Å²) in [5, 5.41) is 17.5. The molecule has 3 aromatic rings. The minimum Gasteiger partial charge on any atom is -0.504 e. The first-order valence-electron chi connectivity index (χ1n) is 7.80. The van der Waals surface area contributed by atoms with E-state index in [1.165, 1.54) is 12.3 Å². The zero-order chi connectivity index (χ0) is 18.4. The van der Waals surface area contributed by atoms with Gasteiger partial charge in [0.05, 0.1) is 0 Å². The molecule has 1 heterocycles.